The van der Waals surface area contributed by atoms with Crippen molar-refractivity contribution in [3.05, 3.63) is 65.2 Å². The fourth-order valence-electron chi connectivity index (χ4n) is 1.67. The van der Waals surface area contributed by atoms with Crippen LogP contribution >= 0.6 is 0 Å². The maximum Gasteiger partial charge on any atom is 0.153 e. The molecule has 0 aliphatic heterocycles. The van der Waals surface area contributed by atoms with Gasteiger partial charge in [0.15, 0.2) is 6.29 Å². The second-order valence-corrected chi connectivity index (χ2v) is 3.93. The molecule has 2 aromatic carbocycles. The summed E-state index contributed by atoms with van der Waals surface area (Å²) in [6.07, 6.45) is 0.811. The van der Waals surface area contributed by atoms with E-state index in [1.54, 1.807) is 12.1 Å². The zero-order valence-electron chi connectivity index (χ0n) is 9.72. The number of benzene rings is 2. The summed E-state index contributed by atoms with van der Waals surface area (Å²) in [5, 5.41) is 0. The molecule has 0 saturated heterocycles. The van der Waals surface area contributed by atoms with Gasteiger partial charge in [-0.2, -0.15) is 0 Å². The molecule has 0 unspecified atom stereocenters. The van der Waals surface area contributed by atoms with Crippen molar-refractivity contribution in [2.24, 2.45) is 0 Å². The number of rotatable bonds is 4. The van der Waals surface area contributed by atoms with Crippen molar-refractivity contribution >= 4 is 6.29 Å². The Balaban J connectivity index is 2.09. The van der Waals surface area contributed by atoms with E-state index in [2.05, 4.69) is 6.07 Å². The first kappa shape index (κ1) is 11.4. The SMILES string of the molecule is Cc1cccc(COc2ccccc2C=O)c1. The predicted octanol–water partition coefficient (Wildman–Crippen LogP) is 3.39. The normalized spacial score (nSPS) is 9.94. The molecule has 0 aliphatic carbocycles. The highest BCUT2D eigenvalue weighted by atomic mass is 16.5. The van der Waals surface area contributed by atoms with Crippen LogP contribution in [-0.2, 0) is 6.61 Å². The van der Waals surface area contributed by atoms with E-state index >= 15 is 0 Å². The summed E-state index contributed by atoms with van der Waals surface area (Å²) >= 11 is 0. The molecule has 0 bridgehead atoms. The molecular weight excluding hydrogens is 212 g/mol. The fourth-order valence-corrected chi connectivity index (χ4v) is 1.67. The summed E-state index contributed by atoms with van der Waals surface area (Å²) in [6, 6.07) is 15.4. The van der Waals surface area contributed by atoms with Crippen LogP contribution in [0.1, 0.15) is 21.5 Å². The Hall–Kier alpha value is -2.09. The van der Waals surface area contributed by atoms with Gasteiger partial charge in [0.25, 0.3) is 0 Å². The fraction of sp³-hybridized carbons (Fsp3) is 0.133. The van der Waals surface area contributed by atoms with Crippen molar-refractivity contribution in [2.45, 2.75) is 13.5 Å². The van der Waals surface area contributed by atoms with E-state index in [0.29, 0.717) is 17.9 Å². The molecular formula is C15H14O2. The number of carbonyl (C=O) groups excluding carboxylic acids is 1. The molecule has 0 aromatic heterocycles. The van der Waals surface area contributed by atoms with Gasteiger partial charge in [0.1, 0.15) is 12.4 Å². The molecule has 0 spiro atoms. The summed E-state index contributed by atoms with van der Waals surface area (Å²) in [5.74, 6) is 0.629. The molecule has 0 saturated carbocycles. The lowest BCUT2D eigenvalue weighted by molar-refractivity contribution is 0.111. The van der Waals surface area contributed by atoms with Gasteiger partial charge >= 0.3 is 0 Å². The van der Waals surface area contributed by atoms with Crippen molar-refractivity contribution in [1.29, 1.82) is 0 Å². The second-order valence-electron chi connectivity index (χ2n) is 3.93. The van der Waals surface area contributed by atoms with Crippen molar-refractivity contribution in [1.82, 2.24) is 0 Å². The molecule has 2 rings (SSSR count). The van der Waals surface area contributed by atoms with Crippen LogP contribution in [0.2, 0.25) is 0 Å². The standard InChI is InChI=1S/C15H14O2/c1-12-5-4-6-13(9-12)11-17-15-8-3-2-7-14(15)10-16/h2-10H,11H2,1H3. The number of carbonyl (C=O) groups is 1. The summed E-state index contributed by atoms with van der Waals surface area (Å²) in [4.78, 5) is 10.8. The minimum atomic E-state index is 0.479. The topological polar surface area (TPSA) is 26.3 Å². The van der Waals surface area contributed by atoms with Crippen LogP contribution in [0.3, 0.4) is 0 Å². The minimum absolute atomic E-state index is 0.479. The van der Waals surface area contributed by atoms with Gasteiger partial charge in [-0.3, -0.25) is 4.79 Å². The zero-order valence-corrected chi connectivity index (χ0v) is 9.72. The Labute approximate surface area is 101 Å². The van der Waals surface area contributed by atoms with E-state index in [1.165, 1.54) is 5.56 Å². The first-order valence-corrected chi connectivity index (χ1v) is 5.52. The highest BCUT2D eigenvalue weighted by Crippen LogP contribution is 2.17. The maximum absolute atomic E-state index is 10.8. The van der Waals surface area contributed by atoms with E-state index in [1.807, 2.05) is 37.3 Å². The third kappa shape index (κ3) is 2.94. The molecule has 0 atom stereocenters. The average Bonchev–Trinajstić information content (AvgIpc) is 2.37. The number of hydrogen-bond donors (Lipinski definition) is 0. The monoisotopic (exact) mass is 226 g/mol. The molecule has 0 N–H and O–H groups in total. The van der Waals surface area contributed by atoms with Crippen molar-refractivity contribution in [3.63, 3.8) is 0 Å². The van der Waals surface area contributed by atoms with Gasteiger partial charge in [-0.05, 0) is 24.6 Å². The lowest BCUT2D eigenvalue weighted by Crippen LogP contribution is -1.98. The van der Waals surface area contributed by atoms with Gasteiger partial charge in [-0.1, -0.05) is 42.0 Å². The van der Waals surface area contributed by atoms with E-state index in [0.717, 1.165) is 11.8 Å². The predicted molar refractivity (Wildman–Crippen MR) is 67.3 cm³/mol. The Morgan fingerprint density at radius 3 is 2.71 bits per heavy atom. The number of hydrogen-bond acceptors (Lipinski definition) is 2. The second kappa shape index (κ2) is 5.30. The van der Waals surface area contributed by atoms with Crippen molar-refractivity contribution in [3.8, 4) is 5.75 Å². The Morgan fingerprint density at radius 1 is 1.12 bits per heavy atom. The lowest BCUT2D eigenvalue weighted by atomic mass is 10.1. The Kier molecular flexibility index (Phi) is 3.55. The van der Waals surface area contributed by atoms with Crippen LogP contribution in [0.15, 0.2) is 48.5 Å². The van der Waals surface area contributed by atoms with Crippen LogP contribution in [0.25, 0.3) is 0 Å². The molecule has 17 heavy (non-hydrogen) atoms. The van der Waals surface area contributed by atoms with Gasteiger partial charge in [0.2, 0.25) is 0 Å². The van der Waals surface area contributed by atoms with Crippen LogP contribution < -0.4 is 4.74 Å². The van der Waals surface area contributed by atoms with E-state index in [-0.39, 0.29) is 0 Å². The average molecular weight is 226 g/mol. The van der Waals surface area contributed by atoms with Gasteiger partial charge < -0.3 is 4.74 Å². The summed E-state index contributed by atoms with van der Waals surface area (Å²) in [7, 11) is 0. The van der Waals surface area contributed by atoms with Crippen LogP contribution in [-0.4, -0.2) is 6.29 Å². The van der Waals surface area contributed by atoms with Crippen molar-refractivity contribution in [2.75, 3.05) is 0 Å². The molecule has 2 heteroatoms. The lowest BCUT2D eigenvalue weighted by Gasteiger charge is -2.08. The summed E-state index contributed by atoms with van der Waals surface area (Å²) in [6.45, 7) is 2.52. The Morgan fingerprint density at radius 2 is 1.94 bits per heavy atom. The molecule has 0 aliphatic rings. The number of aldehydes is 1. The summed E-state index contributed by atoms with van der Waals surface area (Å²) in [5.41, 5.74) is 2.89. The highest BCUT2D eigenvalue weighted by Gasteiger charge is 2.01. The number of ether oxygens (including phenoxy) is 1. The molecule has 0 heterocycles. The molecule has 2 aromatic rings. The summed E-state index contributed by atoms with van der Waals surface area (Å²) < 4.78 is 5.64. The first-order valence-electron chi connectivity index (χ1n) is 5.52. The number of para-hydroxylation sites is 1. The molecule has 0 fully saturated rings. The smallest absolute Gasteiger partial charge is 0.153 e. The first-order chi connectivity index (χ1) is 8.29. The van der Waals surface area contributed by atoms with Crippen molar-refractivity contribution < 1.29 is 9.53 Å². The van der Waals surface area contributed by atoms with E-state index in [4.69, 9.17) is 4.74 Å². The largest absolute Gasteiger partial charge is 0.488 e. The third-order valence-electron chi connectivity index (χ3n) is 2.52. The van der Waals surface area contributed by atoms with Gasteiger partial charge in [0, 0.05) is 0 Å². The van der Waals surface area contributed by atoms with Crippen LogP contribution in [0.5, 0.6) is 5.75 Å². The third-order valence-corrected chi connectivity index (χ3v) is 2.52. The minimum Gasteiger partial charge on any atom is -0.488 e. The molecule has 86 valence electrons. The number of aryl methyl sites for hydroxylation is 1. The molecule has 0 amide bonds. The quantitative estimate of drug-likeness (QED) is 0.747. The molecule has 2 nitrogen and oxygen atoms in total. The van der Waals surface area contributed by atoms with E-state index in [9.17, 15) is 4.79 Å². The van der Waals surface area contributed by atoms with E-state index < -0.39 is 0 Å². The maximum atomic E-state index is 10.8. The Bertz CT molecular complexity index is 518. The van der Waals surface area contributed by atoms with Gasteiger partial charge in [0.05, 0.1) is 5.56 Å². The van der Waals surface area contributed by atoms with Crippen LogP contribution in [0, 0.1) is 6.92 Å². The van der Waals surface area contributed by atoms with Crippen LogP contribution in [0.4, 0.5) is 0 Å². The van der Waals surface area contributed by atoms with Gasteiger partial charge in [-0.15, -0.1) is 0 Å². The highest BCUT2D eigenvalue weighted by molar-refractivity contribution is 5.79. The van der Waals surface area contributed by atoms with Gasteiger partial charge in [-0.25, -0.2) is 0 Å². The molecule has 0 radical (unpaired) electrons. The zero-order chi connectivity index (χ0) is 12.1.